The second-order valence-electron chi connectivity index (χ2n) is 5.63. The van der Waals surface area contributed by atoms with Crippen molar-refractivity contribution in [3.8, 4) is 0 Å². The minimum atomic E-state index is -0.227. The number of nitrogens with zero attached hydrogens (tertiary/aromatic N) is 1. The Balaban J connectivity index is 1.90. The molecule has 0 fully saturated rings. The highest BCUT2D eigenvalue weighted by Gasteiger charge is 2.17. The number of thioether (sulfide) groups is 1. The first kappa shape index (κ1) is 17.5. The minimum absolute atomic E-state index is 0.104. The maximum Gasteiger partial charge on any atom is 0.223 e. The Morgan fingerprint density at radius 3 is 2.39 bits per heavy atom. The van der Waals surface area contributed by atoms with Crippen LogP contribution < -0.4 is 0 Å². The van der Waals surface area contributed by atoms with E-state index in [4.69, 9.17) is 0 Å². The summed E-state index contributed by atoms with van der Waals surface area (Å²) in [5.41, 5.74) is 1.12. The molecule has 0 aliphatic heterocycles. The van der Waals surface area contributed by atoms with Crippen molar-refractivity contribution in [3.63, 3.8) is 0 Å². The molecule has 2 aromatic carbocycles. The molecule has 4 heteroatoms. The third kappa shape index (κ3) is 5.39. The Morgan fingerprint density at radius 2 is 1.74 bits per heavy atom. The van der Waals surface area contributed by atoms with Crippen LogP contribution in [0, 0.1) is 5.82 Å². The Kier molecular flexibility index (Phi) is 6.66. The lowest BCUT2D eigenvalue weighted by atomic mass is 10.2. The highest BCUT2D eigenvalue weighted by molar-refractivity contribution is 7.99. The summed E-state index contributed by atoms with van der Waals surface area (Å²) in [5.74, 6) is 0.459. The summed E-state index contributed by atoms with van der Waals surface area (Å²) in [7, 11) is 0. The molecule has 122 valence electrons. The smallest absolute Gasteiger partial charge is 0.223 e. The molecule has 0 aliphatic rings. The van der Waals surface area contributed by atoms with Gasteiger partial charge in [-0.05, 0) is 31.5 Å². The van der Waals surface area contributed by atoms with Gasteiger partial charge < -0.3 is 4.90 Å². The van der Waals surface area contributed by atoms with Crippen LogP contribution in [0.1, 0.15) is 25.8 Å². The van der Waals surface area contributed by atoms with Gasteiger partial charge >= 0.3 is 0 Å². The fourth-order valence-corrected chi connectivity index (χ4v) is 3.17. The van der Waals surface area contributed by atoms with Gasteiger partial charge in [0.2, 0.25) is 5.91 Å². The molecule has 0 atom stereocenters. The zero-order valence-electron chi connectivity index (χ0n) is 13.5. The molecule has 1 amide bonds. The third-order valence-electron chi connectivity index (χ3n) is 3.55. The fourth-order valence-electron chi connectivity index (χ4n) is 2.29. The van der Waals surface area contributed by atoms with E-state index in [9.17, 15) is 9.18 Å². The average molecular weight is 331 g/mol. The van der Waals surface area contributed by atoms with Gasteiger partial charge in [-0.1, -0.05) is 42.5 Å². The first-order valence-electron chi connectivity index (χ1n) is 7.78. The van der Waals surface area contributed by atoms with Crippen molar-refractivity contribution in [1.29, 1.82) is 0 Å². The molecule has 0 aliphatic carbocycles. The zero-order valence-corrected chi connectivity index (χ0v) is 14.4. The molecular formula is C19H22FNOS. The van der Waals surface area contributed by atoms with Crippen LogP contribution in [0.5, 0.6) is 0 Å². The molecule has 2 aromatic rings. The topological polar surface area (TPSA) is 20.3 Å². The standard InChI is InChI=1S/C19H22FNOS/c1-15(2)21(14-16-8-4-3-5-9-16)19(22)12-13-23-18-11-7-6-10-17(18)20/h3-11,15H,12-14H2,1-2H3. The summed E-state index contributed by atoms with van der Waals surface area (Å²) in [6.45, 7) is 4.65. The van der Waals surface area contributed by atoms with Crippen LogP contribution in [-0.4, -0.2) is 22.6 Å². The lowest BCUT2D eigenvalue weighted by Crippen LogP contribution is -2.36. The average Bonchev–Trinajstić information content (AvgIpc) is 2.55. The maximum atomic E-state index is 13.6. The predicted molar refractivity (Wildman–Crippen MR) is 93.9 cm³/mol. The molecule has 0 aromatic heterocycles. The van der Waals surface area contributed by atoms with Crippen molar-refractivity contribution < 1.29 is 9.18 Å². The Morgan fingerprint density at radius 1 is 1.09 bits per heavy atom. The predicted octanol–water partition coefficient (Wildman–Crippen LogP) is 4.75. The van der Waals surface area contributed by atoms with Gasteiger partial charge in [0.15, 0.2) is 0 Å². The number of carbonyl (C=O) groups excluding carboxylic acids is 1. The van der Waals surface area contributed by atoms with Gasteiger partial charge in [0.05, 0.1) is 0 Å². The summed E-state index contributed by atoms with van der Waals surface area (Å²) in [6, 6.07) is 16.8. The number of benzene rings is 2. The molecular weight excluding hydrogens is 309 g/mol. The van der Waals surface area contributed by atoms with Crippen molar-refractivity contribution in [2.45, 2.75) is 37.8 Å². The molecule has 0 N–H and O–H groups in total. The van der Waals surface area contributed by atoms with E-state index in [1.54, 1.807) is 12.1 Å². The van der Waals surface area contributed by atoms with E-state index < -0.39 is 0 Å². The molecule has 0 saturated carbocycles. The van der Waals surface area contributed by atoms with Crippen molar-refractivity contribution in [2.24, 2.45) is 0 Å². The van der Waals surface area contributed by atoms with Crippen molar-refractivity contribution in [2.75, 3.05) is 5.75 Å². The van der Waals surface area contributed by atoms with E-state index in [1.807, 2.05) is 55.1 Å². The Labute approximate surface area is 141 Å². The van der Waals surface area contributed by atoms with Crippen LogP contribution >= 0.6 is 11.8 Å². The molecule has 2 nitrogen and oxygen atoms in total. The van der Waals surface area contributed by atoms with Crippen molar-refractivity contribution >= 4 is 17.7 Å². The van der Waals surface area contributed by atoms with Gasteiger partial charge in [0, 0.05) is 29.7 Å². The van der Waals surface area contributed by atoms with Gasteiger partial charge in [-0.3, -0.25) is 4.79 Å². The van der Waals surface area contributed by atoms with Gasteiger partial charge in [-0.2, -0.15) is 0 Å². The normalized spacial score (nSPS) is 10.8. The highest BCUT2D eigenvalue weighted by atomic mass is 32.2. The van der Waals surface area contributed by atoms with E-state index in [0.717, 1.165) is 5.56 Å². The maximum absolute atomic E-state index is 13.6. The van der Waals surface area contributed by atoms with Crippen LogP contribution in [0.3, 0.4) is 0 Å². The first-order valence-corrected chi connectivity index (χ1v) is 8.77. The van der Waals surface area contributed by atoms with E-state index in [1.165, 1.54) is 17.8 Å². The summed E-state index contributed by atoms with van der Waals surface area (Å²) in [5, 5.41) is 0. The van der Waals surface area contributed by atoms with Crippen LogP contribution in [0.15, 0.2) is 59.5 Å². The second kappa shape index (κ2) is 8.73. The number of halogens is 1. The lowest BCUT2D eigenvalue weighted by molar-refractivity contribution is -0.133. The van der Waals surface area contributed by atoms with Crippen LogP contribution in [-0.2, 0) is 11.3 Å². The van der Waals surface area contributed by atoms with Crippen molar-refractivity contribution in [3.05, 3.63) is 66.0 Å². The SMILES string of the molecule is CC(C)N(Cc1ccccc1)C(=O)CCSc1ccccc1F. The molecule has 23 heavy (non-hydrogen) atoms. The van der Waals surface area contributed by atoms with Gasteiger partial charge in [-0.25, -0.2) is 4.39 Å². The Hall–Kier alpha value is -1.81. The number of hydrogen-bond donors (Lipinski definition) is 0. The third-order valence-corrected chi connectivity index (χ3v) is 4.60. The van der Waals surface area contributed by atoms with E-state index in [2.05, 4.69) is 0 Å². The lowest BCUT2D eigenvalue weighted by Gasteiger charge is -2.27. The van der Waals surface area contributed by atoms with E-state index in [-0.39, 0.29) is 17.8 Å². The van der Waals surface area contributed by atoms with Crippen LogP contribution in [0.2, 0.25) is 0 Å². The van der Waals surface area contributed by atoms with Gasteiger partial charge in [0.1, 0.15) is 5.82 Å². The molecule has 0 bridgehead atoms. The summed E-state index contributed by atoms with van der Waals surface area (Å²) in [6.07, 6.45) is 0.407. The largest absolute Gasteiger partial charge is 0.336 e. The number of carbonyl (C=O) groups is 1. The molecule has 0 saturated heterocycles. The molecule has 0 radical (unpaired) electrons. The first-order chi connectivity index (χ1) is 11.1. The summed E-state index contributed by atoms with van der Waals surface area (Å²) < 4.78 is 13.6. The quantitative estimate of drug-likeness (QED) is 0.683. The minimum Gasteiger partial charge on any atom is -0.336 e. The van der Waals surface area contributed by atoms with Crippen LogP contribution in [0.25, 0.3) is 0 Å². The second-order valence-corrected chi connectivity index (χ2v) is 6.77. The molecule has 0 heterocycles. The van der Waals surface area contributed by atoms with Crippen molar-refractivity contribution in [1.82, 2.24) is 4.90 Å². The zero-order chi connectivity index (χ0) is 16.7. The monoisotopic (exact) mass is 331 g/mol. The summed E-state index contributed by atoms with van der Waals surface area (Å²) in [4.78, 5) is 15.0. The molecule has 2 rings (SSSR count). The fraction of sp³-hybridized carbons (Fsp3) is 0.316. The molecule has 0 spiro atoms. The number of rotatable bonds is 7. The highest BCUT2D eigenvalue weighted by Crippen LogP contribution is 2.22. The Bertz CT molecular complexity index is 630. The van der Waals surface area contributed by atoms with E-state index in [0.29, 0.717) is 23.6 Å². The number of hydrogen-bond acceptors (Lipinski definition) is 2. The van der Waals surface area contributed by atoms with Gasteiger partial charge in [-0.15, -0.1) is 11.8 Å². The summed E-state index contributed by atoms with van der Waals surface area (Å²) >= 11 is 1.39. The molecule has 0 unspecified atom stereocenters. The van der Waals surface area contributed by atoms with Crippen LogP contribution in [0.4, 0.5) is 4.39 Å². The van der Waals surface area contributed by atoms with E-state index >= 15 is 0 Å². The van der Waals surface area contributed by atoms with Gasteiger partial charge in [0.25, 0.3) is 0 Å². The number of amides is 1.